The summed E-state index contributed by atoms with van der Waals surface area (Å²) in [6.45, 7) is -0.195. The highest BCUT2D eigenvalue weighted by atomic mass is 16.7. The molecule has 0 saturated carbocycles. The second-order valence-electron chi connectivity index (χ2n) is 6.26. The van der Waals surface area contributed by atoms with E-state index < -0.39 is 80.5 Å². The van der Waals surface area contributed by atoms with Crippen molar-refractivity contribution in [2.24, 2.45) is 0 Å². The molecule has 2 rings (SSSR count). The molecule has 1 amide bonds. The third-order valence-corrected chi connectivity index (χ3v) is 4.38. The van der Waals surface area contributed by atoms with Crippen molar-refractivity contribution in [3.05, 3.63) is 0 Å². The molecule has 12 heteroatoms. The highest BCUT2D eigenvalue weighted by Crippen LogP contribution is 2.28. The minimum absolute atomic E-state index is 0.574. The van der Waals surface area contributed by atoms with E-state index in [1.807, 2.05) is 0 Å². The molecule has 2 aliphatic heterocycles. The Morgan fingerprint density at radius 3 is 2.04 bits per heavy atom. The Morgan fingerprint density at radius 1 is 0.923 bits per heavy atom. The minimum atomic E-state index is -1.74. The van der Waals surface area contributed by atoms with Crippen LogP contribution in [0.5, 0.6) is 0 Å². The molecule has 0 bridgehead atoms. The third kappa shape index (κ3) is 4.31. The number of rotatable bonds is 5. The van der Waals surface area contributed by atoms with Crippen molar-refractivity contribution in [1.82, 2.24) is 5.32 Å². The predicted octanol–water partition coefficient (Wildman–Crippen LogP) is -5.25. The van der Waals surface area contributed by atoms with E-state index in [0.29, 0.717) is 0 Å². The molecule has 0 aromatic rings. The molecule has 0 unspecified atom stereocenters. The molecule has 2 fully saturated rings. The van der Waals surface area contributed by atoms with Gasteiger partial charge in [0.2, 0.25) is 5.91 Å². The molecule has 26 heavy (non-hydrogen) atoms. The average Bonchev–Trinajstić information content (AvgIpc) is 2.60. The fourth-order valence-corrected chi connectivity index (χ4v) is 2.97. The van der Waals surface area contributed by atoms with Crippen molar-refractivity contribution in [3.63, 3.8) is 0 Å². The summed E-state index contributed by atoms with van der Waals surface area (Å²) in [4.78, 5) is 11.4. The Kier molecular flexibility index (Phi) is 7.27. The largest absolute Gasteiger partial charge is 0.394 e. The van der Waals surface area contributed by atoms with Crippen molar-refractivity contribution < 1.29 is 54.8 Å². The SMILES string of the molecule is CC(=O)N[C@@H]1[C@H](O[C@H]2O[C@H](CO)[C@@H](O)[C@@H](O)[C@H]2O)[C@H](O)[C@@H](CO)O[C@@H]1O. The summed E-state index contributed by atoms with van der Waals surface area (Å²) in [6, 6.07) is -1.28. The first kappa shape index (κ1) is 21.4. The van der Waals surface area contributed by atoms with E-state index in [1.165, 1.54) is 0 Å². The topological polar surface area (TPSA) is 198 Å². The van der Waals surface area contributed by atoms with Crippen molar-refractivity contribution in [2.75, 3.05) is 13.2 Å². The van der Waals surface area contributed by atoms with Crippen molar-refractivity contribution in [1.29, 1.82) is 0 Å². The van der Waals surface area contributed by atoms with Gasteiger partial charge in [-0.3, -0.25) is 4.79 Å². The van der Waals surface area contributed by atoms with Crippen LogP contribution in [0.15, 0.2) is 0 Å². The first-order valence-electron chi connectivity index (χ1n) is 8.06. The van der Waals surface area contributed by atoms with Crippen LogP contribution < -0.4 is 5.32 Å². The summed E-state index contributed by atoms with van der Waals surface area (Å²) < 4.78 is 15.7. The van der Waals surface area contributed by atoms with Crippen LogP contribution in [-0.2, 0) is 19.0 Å². The maximum Gasteiger partial charge on any atom is 0.217 e. The minimum Gasteiger partial charge on any atom is -0.394 e. The fraction of sp³-hybridized carbons (Fsp3) is 0.929. The van der Waals surface area contributed by atoms with Crippen LogP contribution in [0.3, 0.4) is 0 Å². The summed E-state index contributed by atoms with van der Waals surface area (Å²) >= 11 is 0. The molecule has 0 radical (unpaired) electrons. The molecular weight excluding hydrogens is 358 g/mol. The molecule has 2 saturated heterocycles. The Morgan fingerprint density at radius 2 is 1.50 bits per heavy atom. The zero-order valence-electron chi connectivity index (χ0n) is 14.0. The molecule has 10 atom stereocenters. The van der Waals surface area contributed by atoms with Crippen molar-refractivity contribution in [2.45, 2.75) is 68.3 Å². The van der Waals surface area contributed by atoms with Gasteiger partial charge in [-0.2, -0.15) is 0 Å². The summed E-state index contributed by atoms with van der Waals surface area (Å²) in [5.41, 5.74) is 0. The van der Waals surface area contributed by atoms with E-state index in [-0.39, 0.29) is 0 Å². The van der Waals surface area contributed by atoms with Crippen LogP contribution in [0.2, 0.25) is 0 Å². The Bertz CT molecular complexity index is 478. The smallest absolute Gasteiger partial charge is 0.217 e. The second kappa shape index (κ2) is 8.84. The van der Waals surface area contributed by atoms with Crippen molar-refractivity contribution >= 4 is 5.91 Å². The molecule has 0 aromatic carbocycles. The quantitative estimate of drug-likeness (QED) is 0.226. The number of hydrogen-bond acceptors (Lipinski definition) is 11. The zero-order valence-corrected chi connectivity index (χ0v) is 14.0. The lowest BCUT2D eigenvalue weighted by Crippen LogP contribution is -2.67. The highest BCUT2D eigenvalue weighted by Gasteiger charge is 2.50. The Hall–Kier alpha value is -0.930. The lowest BCUT2D eigenvalue weighted by atomic mass is 9.95. The number of aliphatic hydroxyl groups is 7. The van der Waals surface area contributed by atoms with Gasteiger partial charge in [0, 0.05) is 6.92 Å². The standard InChI is InChI=1S/C14H25NO11/c1-4(18)15-7-12(9(20)6(3-17)24-13(7)23)26-14-11(22)10(21)8(19)5(2-16)25-14/h5-14,16-17,19-23H,2-3H2,1H3,(H,15,18)/t5-,6-,7-,8-,9-,10-,11-,12+,13+,14-/m1/s1. The summed E-state index contributed by atoms with van der Waals surface area (Å²) in [7, 11) is 0. The molecule has 0 aromatic heterocycles. The van der Waals surface area contributed by atoms with Crippen LogP contribution in [0, 0.1) is 0 Å². The van der Waals surface area contributed by atoms with Gasteiger partial charge in [-0.25, -0.2) is 0 Å². The number of hydrogen-bond donors (Lipinski definition) is 8. The summed E-state index contributed by atoms with van der Waals surface area (Å²) in [5.74, 6) is -0.574. The van der Waals surface area contributed by atoms with Gasteiger partial charge in [0.1, 0.15) is 48.8 Å². The predicted molar refractivity (Wildman–Crippen MR) is 80.2 cm³/mol. The monoisotopic (exact) mass is 383 g/mol. The first-order valence-corrected chi connectivity index (χ1v) is 8.06. The highest BCUT2D eigenvalue weighted by molar-refractivity contribution is 5.73. The van der Waals surface area contributed by atoms with E-state index in [9.17, 15) is 40.5 Å². The first-order chi connectivity index (χ1) is 12.2. The van der Waals surface area contributed by atoms with Gasteiger partial charge >= 0.3 is 0 Å². The van der Waals surface area contributed by atoms with Crippen LogP contribution in [0.25, 0.3) is 0 Å². The molecule has 12 nitrogen and oxygen atoms in total. The third-order valence-electron chi connectivity index (χ3n) is 4.38. The number of nitrogens with one attached hydrogen (secondary N) is 1. The van der Waals surface area contributed by atoms with E-state index in [0.717, 1.165) is 6.92 Å². The molecule has 2 heterocycles. The van der Waals surface area contributed by atoms with E-state index in [1.54, 1.807) is 0 Å². The van der Waals surface area contributed by atoms with Gasteiger partial charge in [0.05, 0.1) is 13.2 Å². The summed E-state index contributed by atoms with van der Waals surface area (Å²) in [6.07, 6.45) is -13.7. The fourth-order valence-electron chi connectivity index (χ4n) is 2.97. The molecular formula is C14H25NO11. The molecule has 0 aliphatic carbocycles. The van der Waals surface area contributed by atoms with E-state index in [4.69, 9.17) is 14.2 Å². The van der Waals surface area contributed by atoms with Crippen LogP contribution in [-0.4, -0.2) is 116 Å². The summed E-state index contributed by atoms with van der Waals surface area (Å²) in [5, 5.41) is 70.7. The van der Waals surface area contributed by atoms with Gasteiger partial charge in [-0.15, -0.1) is 0 Å². The zero-order chi connectivity index (χ0) is 19.6. The van der Waals surface area contributed by atoms with Gasteiger partial charge in [0.25, 0.3) is 0 Å². The number of aliphatic hydroxyl groups excluding tert-OH is 7. The van der Waals surface area contributed by atoms with E-state index >= 15 is 0 Å². The van der Waals surface area contributed by atoms with Gasteiger partial charge < -0.3 is 55.3 Å². The van der Waals surface area contributed by atoms with Gasteiger partial charge in [-0.1, -0.05) is 0 Å². The van der Waals surface area contributed by atoms with Crippen LogP contribution in [0.4, 0.5) is 0 Å². The number of amides is 1. The molecule has 152 valence electrons. The van der Waals surface area contributed by atoms with E-state index in [2.05, 4.69) is 5.32 Å². The van der Waals surface area contributed by atoms with Gasteiger partial charge in [-0.05, 0) is 0 Å². The normalized spacial score (nSPS) is 46.8. The number of carbonyl (C=O) groups is 1. The lowest BCUT2D eigenvalue weighted by molar-refractivity contribution is -0.341. The van der Waals surface area contributed by atoms with Gasteiger partial charge in [0.15, 0.2) is 12.6 Å². The molecule has 0 spiro atoms. The maximum absolute atomic E-state index is 11.4. The molecule has 2 aliphatic rings. The number of ether oxygens (including phenoxy) is 3. The van der Waals surface area contributed by atoms with Crippen LogP contribution in [0.1, 0.15) is 6.92 Å². The Balaban J connectivity index is 2.21. The number of carbonyl (C=O) groups excluding carboxylic acids is 1. The van der Waals surface area contributed by atoms with Crippen molar-refractivity contribution in [3.8, 4) is 0 Å². The molecule has 8 N–H and O–H groups in total. The second-order valence-corrected chi connectivity index (χ2v) is 6.26. The Labute approximate surface area is 148 Å². The lowest BCUT2D eigenvalue weighted by Gasteiger charge is -2.46. The average molecular weight is 383 g/mol. The van der Waals surface area contributed by atoms with Crippen LogP contribution >= 0.6 is 0 Å². The maximum atomic E-state index is 11.4.